The molecule has 0 aliphatic carbocycles. The number of carbonyl (C=O) groups is 1. The van der Waals surface area contributed by atoms with Gasteiger partial charge >= 0.3 is 6.03 Å². The topological polar surface area (TPSA) is 71.3 Å². The van der Waals surface area contributed by atoms with Crippen molar-refractivity contribution in [3.05, 3.63) is 70.7 Å². The molecule has 0 fully saturated rings. The van der Waals surface area contributed by atoms with E-state index in [0.717, 1.165) is 33.7 Å². The first-order valence-electron chi connectivity index (χ1n) is 10.0. The number of nitrogens with one attached hydrogen (secondary N) is 1. The summed E-state index contributed by atoms with van der Waals surface area (Å²) in [6, 6.07) is 14.9. The van der Waals surface area contributed by atoms with Crippen LogP contribution in [0.15, 0.2) is 63.6 Å². The first-order valence-corrected chi connectivity index (χ1v) is 11.6. The fourth-order valence-corrected chi connectivity index (χ4v) is 4.27. The van der Waals surface area contributed by atoms with E-state index in [9.17, 15) is 4.79 Å². The molecule has 0 saturated heterocycles. The molecule has 1 aliphatic rings. The van der Waals surface area contributed by atoms with Gasteiger partial charge in [-0.25, -0.2) is 4.79 Å². The minimum atomic E-state index is -0.385. The number of aromatic nitrogens is 2. The van der Waals surface area contributed by atoms with E-state index < -0.39 is 0 Å². The van der Waals surface area contributed by atoms with Gasteiger partial charge < -0.3 is 9.84 Å². The highest BCUT2D eigenvalue weighted by Gasteiger charge is 2.35. The lowest BCUT2D eigenvalue weighted by Crippen LogP contribution is -2.46. The molecule has 4 rings (SSSR count). The average Bonchev–Trinajstić information content (AvgIpc) is 3.26. The predicted octanol–water partition coefficient (Wildman–Crippen LogP) is 6.02. The zero-order valence-electron chi connectivity index (χ0n) is 17.6. The molecule has 8 heteroatoms. The summed E-state index contributed by atoms with van der Waals surface area (Å²) in [5.74, 6) is 0.834. The Balaban J connectivity index is 1.80. The van der Waals surface area contributed by atoms with Crippen LogP contribution in [0.1, 0.15) is 37.8 Å². The molecule has 31 heavy (non-hydrogen) atoms. The van der Waals surface area contributed by atoms with Crippen LogP contribution >= 0.6 is 23.4 Å². The maximum atomic E-state index is 12.8. The van der Waals surface area contributed by atoms with E-state index in [0.29, 0.717) is 23.3 Å². The van der Waals surface area contributed by atoms with Crippen molar-refractivity contribution in [1.82, 2.24) is 20.4 Å². The lowest BCUT2D eigenvalue weighted by molar-refractivity contribution is 0.205. The third kappa shape index (κ3) is 4.34. The van der Waals surface area contributed by atoms with Crippen molar-refractivity contribution in [3.8, 4) is 11.4 Å². The number of carbonyl (C=O) groups excluding carboxylic acids is 1. The van der Waals surface area contributed by atoms with Gasteiger partial charge in [0.1, 0.15) is 0 Å². The van der Waals surface area contributed by atoms with Gasteiger partial charge in [-0.3, -0.25) is 4.90 Å². The largest absolute Gasteiger partial charge is 0.334 e. The number of urea groups is 1. The number of nitrogens with zero attached hydrogens (tertiary/aromatic N) is 3. The molecule has 1 atom stereocenters. The molecule has 0 spiro atoms. The van der Waals surface area contributed by atoms with Crippen LogP contribution in [-0.4, -0.2) is 33.9 Å². The molecule has 1 aromatic heterocycles. The fraction of sp³-hybridized carbons (Fsp3) is 0.261. The van der Waals surface area contributed by atoms with E-state index in [1.807, 2.05) is 56.5 Å². The Morgan fingerprint density at radius 3 is 2.68 bits per heavy atom. The summed E-state index contributed by atoms with van der Waals surface area (Å²) in [5, 5.41) is 7.89. The second kappa shape index (κ2) is 9.16. The molecule has 0 bridgehead atoms. The number of rotatable bonds is 6. The number of hydrogen-bond acceptors (Lipinski definition) is 5. The van der Waals surface area contributed by atoms with Crippen molar-refractivity contribution in [3.63, 3.8) is 0 Å². The maximum absolute atomic E-state index is 12.8. The summed E-state index contributed by atoms with van der Waals surface area (Å²) < 4.78 is 5.68. The third-order valence-corrected chi connectivity index (χ3v) is 6.21. The van der Waals surface area contributed by atoms with Crippen molar-refractivity contribution in [2.24, 2.45) is 0 Å². The molecule has 2 heterocycles. The number of thioether (sulfide) groups is 1. The quantitative estimate of drug-likeness (QED) is 0.461. The second-order valence-electron chi connectivity index (χ2n) is 7.24. The van der Waals surface area contributed by atoms with Crippen LogP contribution < -0.4 is 5.32 Å². The molecule has 1 N–H and O–H groups in total. The minimum absolute atomic E-state index is 0.128. The van der Waals surface area contributed by atoms with E-state index in [4.69, 9.17) is 16.1 Å². The molecule has 6 nitrogen and oxygen atoms in total. The Labute approximate surface area is 190 Å². The van der Waals surface area contributed by atoms with E-state index in [2.05, 4.69) is 15.5 Å². The Kier molecular flexibility index (Phi) is 6.34. The van der Waals surface area contributed by atoms with Crippen molar-refractivity contribution in [2.75, 3.05) is 12.8 Å². The Hall–Kier alpha value is -2.77. The summed E-state index contributed by atoms with van der Waals surface area (Å²) in [4.78, 5) is 20.4. The minimum Gasteiger partial charge on any atom is -0.334 e. The SMILES string of the molecule is CCCN1C(=O)NC(c2ccc(SC)cc2)C(c2nc(-c3cccc(Cl)c3)no2)=C1C. The molecule has 1 unspecified atom stereocenters. The van der Waals surface area contributed by atoms with Gasteiger partial charge in [-0.2, -0.15) is 4.98 Å². The Morgan fingerprint density at radius 2 is 2.00 bits per heavy atom. The van der Waals surface area contributed by atoms with Crippen LogP contribution in [0.5, 0.6) is 0 Å². The summed E-state index contributed by atoms with van der Waals surface area (Å²) in [6.45, 7) is 4.57. The normalized spacial score (nSPS) is 16.6. The van der Waals surface area contributed by atoms with Crippen LogP contribution in [-0.2, 0) is 0 Å². The second-order valence-corrected chi connectivity index (χ2v) is 8.56. The number of hydrogen-bond donors (Lipinski definition) is 1. The number of halogens is 1. The highest BCUT2D eigenvalue weighted by molar-refractivity contribution is 7.98. The summed E-state index contributed by atoms with van der Waals surface area (Å²) in [6.07, 6.45) is 2.87. The van der Waals surface area contributed by atoms with Crippen molar-refractivity contribution in [1.29, 1.82) is 0 Å². The molecule has 0 radical (unpaired) electrons. The highest BCUT2D eigenvalue weighted by Crippen LogP contribution is 2.37. The van der Waals surface area contributed by atoms with Gasteiger partial charge in [-0.1, -0.05) is 47.9 Å². The predicted molar refractivity (Wildman–Crippen MR) is 124 cm³/mol. The first-order chi connectivity index (χ1) is 15.0. The van der Waals surface area contributed by atoms with Crippen LogP contribution in [0.4, 0.5) is 4.79 Å². The van der Waals surface area contributed by atoms with Gasteiger partial charge in [0.2, 0.25) is 5.82 Å². The van der Waals surface area contributed by atoms with Gasteiger partial charge in [-0.05, 0) is 49.4 Å². The van der Waals surface area contributed by atoms with Crippen LogP contribution in [0.3, 0.4) is 0 Å². The zero-order chi connectivity index (χ0) is 22.0. The highest BCUT2D eigenvalue weighted by atomic mass is 35.5. The van der Waals surface area contributed by atoms with Crippen LogP contribution in [0.25, 0.3) is 17.0 Å². The summed E-state index contributed by atoms with van der Waals surface area (Å²) >= 11 is 7.79. The standard InChI is InChI=1S/C23H23ClN4O2S/c1-4-12-28-14(2)19(20(25-23(28)29)15-8-10-18(31-3)11-9-15)22-26-21(27-30-22)16-6-5-7-17(24)13-16/h5-11,13,20H,4,12H2,1-3H3,(H,25,29). The Morgan fingerprint density at radius 1 is 1.23 bits per heavy atom. The Bertz CT molecular complexity index is 1130. The number of benzene rings is 2. The lowest BCUT2D eigenvalue weighted by atomic mass is 9.94. The molecule has 2 aromatic carbocycles. The van der Waals surface area contributed by atoms with E-state index in [-0.39, 0.29) is 12.1 Å². The lowest BCUT2D eigenvalue weighted by Gasteiger charge is -2.35. The average molecular weight is 455 g/mol. The zero-order valence-corrected chi connectivity index (χ0v) is 19.1. The molecular weight excluding hydrogens is 432 g/mol. The summed E-state index contributed by atoms with van der Waals surface area (Å²) in [7, 11) is 0. The molecule has 160 valence electrons. The van der Waals surface area contributed by atoms with Crippen LogP contribution in [0.2, 0.25) is 5.02 Å². The molecule has 3 aromatic rings. The van der Waals surface area contributed by atoms with Crippen molar-refractivity contribution < 1.29 is 9.32 Å². The third-order valence-electron chi connectivity index (χ3n) is 5.23. The maximum Gasteiger partial charge on any atom is 0.322 e. The van der Waals surface area contributed by atoms with Gasteiger partial charge in [0, 0.05) is 27.7 Å². The van der Waals surface area contributed by atoms with Crippen LogP contribution in [0, 0.1) is 0 Å². The van der Waals surface area contributed by atoms with E-state index >= 15 is 0 Å². The van der Waals surface area contributed by atoms with Gasteiger partial charge in [0.05, 0.1) is 11.6 Å². The van der Waals surface area contributed by atoms with Crippen molar-refractivity contribution >= 4 is 35.0 Å². The van der Waals surface area contributed by atoms with Gasteiger partial charge in [-0.15, -0.1) is 11.8 Å². The fourth-order valence-electron chi connectivity index (χ4n) is 3.68. The first kappa shape index (κ1) is 21.5. The molecule has 0 saturated carbocycles. The number of amides is 2. The monoisotopic (exact) mass is 454 g/mol. The van der Waals surface area contributed by atoms with E-state index in [1.54, 1.807) is 28.8 Å². The smallest absolute Gasteiger partial charge is 0.322 e. The molecule has 1 aliphatic heterocycles. The number of allylic oxidation sites excluding steroid dienone is 1. The van der Waals surface area contributed by atoms with Gasteiger partial charge in [0.25, 0.3) is 5.89 Å². The summed E-state index contributed by atoms with van der Waals surface area (Å²) in [5.41, 5.74) is 3.34. The molecular formula is C23H23ClN4O2S. The molecule has 2 amide bonds. The van der Waals surface area contributed by atoms with Crippen molar-refractivity contribution in [2.45, 2.75) is 31.2 Å². The van der Waals surface area contributed by atoms with Gasteiger partial charge in [0.15, 0.2) is 0 Å². The van der Waals surface area contributed by atoms with E-state index in [1.165, 1.54) is 0 Å².